The van der Waals surface area contributed by atoms with E-state index in [9.17, 15) is 24.5 Å². The molecule has 0 fully saturated rings. The van der Waals surface area contributed by atoms with Crippen LogP contribution in [-0.4, -0.2) is 40.2 Å². The molecule has 0 saturated heterocycles. The molecule has 1 atom stereocenters. The molecule has 0 aromatic heterocycles. The zero-order valence-corrected chi connectivity index (χ0v) is 15.2. The Morgan fingerprint density at radius 2 is 1.86 bits per heavy atom. The molecule has 0 radical (unpaired) electrons. The van der Waals surface area contributed by atoms with Crippen LogP contribution in [0.5, 0.6) is 5.75 Å². The summed E-state index contributed by atoms with van der Waals surface area (Å²) >= 11 is 0. The standard InChI is InChI=1S/C19H17N3O6/c1-3-28-13-9-7-12(8-10-13)20-17(23)11(2)21-18(24)14-5-4-6-15(22(26)27)16(14)19(21)25/h4-11H,3H2,1-2H3,(H,20,23). The van der Waals surface area contributed by atoms with E-state index < -0.39 is 34.4 Å². The van der Waals surface area contributed by atoms with Crippen LogP contribution in [0.4, 0.5) is 11.4 Å². The van der Waals surface area contributed by atoms with Gasteiger partial charge in [0, 0.05) is 11.8 Å². The second-order valence-electron chi connectivity index (χ2n) is 6.06. The number of imide groups is 1. The number of hydrogen-bond acceptors (Lipinski definition) is 6. The molecule has 1 aliphatic heterocycles. The van der Waals surface area contributed by atoms with Gasteiger partial charge < -0.3 is 10.1 Å². The summed E-state index contributed by atoms with van der Waals surface area (Å²) in [5.41, 5.74) is -0.376. The van der Waals surface area contributed by atoms with Gasteiger partial charge in [-0.15, -0.1) is 0 Å². The molecule has 3 amide bonds. The molecule has 2 aromatic rings. The van der Waals surface area contributed by atoms with Crippen LogP contribution in [0.15, 0.2) is 42.5 Å². The Morgan fingerprint density at radius 3 is 2.46 bits per heavy atom. The topological polar surface area (TPSA) is 119 Å². The summed E-state index contributed by atoms with van der Waals surface area (Å²) in [6, 6.07) is 9.27. The van der Waals surface area contributed by atoms with Crippen LogP contribution in [0.1, 0.15) is 34.6 Å². The lowest BCUT2D eigenvalue weighted by atomic mass is 10.1. The summed E-state index contributed by atoms with van der Waals surface area (Å²) in [6.45, 7) is 3.75. The number of anilines is 1. The van der Waals surface area contributed by atoms with Crippen LogP contribution < -0.4 is 10.1 Å². The summed E-state index contributed by atoms with van der Waals surface area (Å²) < 4.78 is 5.32. The zero-order valence-electron chi connectivity index (χ0n) is 15.2. The van der Waals surface area contributed by atoms with Gasteiger partial charge in [-0.2, -0.15) is 0 Å². The number of carbonyl (C=O) groups is 3. The van der Waals surface area contributed by atoms with Crippen LogP contribution in [0, 0.1) is 10.1 Å². The summed E-state index contributed by atoms with van der Waals surface area (Å²) in [7, 11) is 0. The van der Waals surface area contributed by atoms with E-state index in [2.05, 4.69) is 5.32 Å². The summed E-state index contributed by atoms with van der Waals surface area (Å²) in [6.07, 6.45) is 0. The van der Waals surface area contributed by atoms with Crippen molar-refractivity contribution in [2.24, 2.45) is 0 Å². The first-order valence-corrected chi connectivity index (χ1v) is 8.54. The molecular formula is C19H17N3O6. The fraction of sp³-hybridized carbons (Fsp3) is 0.211. The van der Waals surface area contributed by atoms with E-state index in [1.165, 1.54) is 19.1 Å². The van der Waals surface area contributed by atoms with Crippen molar-refractivity contribution in [2.75, 3.05) is 11.9 Å². The number of nitrogens with one attached hydrogen (secondary N) is 1. The van der Waals surface area contributed by atoms with E-state index in [-0.39, 0.29) is 11.1 Å². The average molecular weight is 383 g/mol. The monoisotopic (exact) mass is 383 g/mol. The van der Waals surface area contributed by atoms with Gasteiger partial charge in [-0.3, -0.25) is 29.4 Å². The number of nitrogens with zero attached hydrogens (tertiary/aromatic N) is 2. The predicted octanol–water partition coefficient (Wildman–Crippen LogP) is 2.62. The van der Waals surface area contributed by atoms with Crippen LogP contribution in [0.25, 0.3) is 0 Å². The van der Waals surface area contributed by atoms with Crippen molar-refractivity contribution in [3.05, 3.63) is 63.7 Å². The fourth-order valence-corrected chi connectivity index (χ4v) is 2.95. The van der Waals surface area contributed by atoms with Crippen LogP contribution in [-0.2, 0) is 4.79 Å². The van der Waals surface area contributed by atoms with Gasteiger partial charge >= 0.3 is 0 Å². The number of ether oxygens (including phenoxy) is 1. The lowest BCUT2D eigenvalue weighted by Crippen LogP contribution is -2.45. The van der Waals surface area contributed by atoms with Crippen LogP contribution >= 0.6 is 0 Å². The molecule has 1 heterocycles. The van der Waals surface area contributed by atoms with E-state index in [1.807, 2.05) is 6.92 Å². The molecular weight excluding hydrogens is 366 g/mol. The predicted molar refractivity (Wildman–Crippen MR) is 99.3 cm³/mol. The molecule has 3 rings (SSSR count). The van der Waals surface area contributed by atoms with Gasteiger partial charge in [-0.05, 0) is 44.2 Å². The van der Waals surface area contributed by atoms with Crippen molar-refractivity contribution >= 4 is 29.1 Å². The number of fused-ring (bicyclic) bond motifs is 1. The molecule has 144 valence electrons. The van der Waals surface area contributed by atoms with E-state index in [4.69, 9.17) is 4.74 Å². The summed E-state index contributed by atoms with van der Waals surface area (Å²) in [4.78, 5) is 49.0. The Hall–Kier alpha value is -3.75. The second-order valence-corrected chi connectivity index (χ2v) is 6.06. The molecule has 1 N–H and O–H groups in total. The number of hydrogen-bond donors (Lipinski definition) is 1. The maximum atomic E-state index is 12.7. The molecule has 28 heavy (non-hydrogen) atoms. The molecule has 0 saturated carbocycles. The molecule has 0 bridgehead atoms. The number of rotatable bonds is 6. The highest BCUT2D eigenvalue weighted by Gasteiger charge is 2.44. The Labute approximate surface area is 160 Å². The van der Waals surface area contributed by atoms with E-state index in [1.54, 1.807) is 24.3 Å². The minimum absolute atomic E-state index is 0.0834. The molecule has 9 nitrogen and oxygen atoms in total. The summed E-state index contributed by atoms with van der Waals surface area (Å²) in [5, 5.41) is 13.8. The maximum absolute atomic E-state index is 12.7. The number of benzene rings is 2. The van der Waals surface area contributed by atoms with Crippen LogP contribution in [0.3, 0.4) is 0 Å². The molecule has 1 aliphatic rings. The average Bonchev–Trinajstić information content (AvgIpc) is 2.93. The van der Waals surface area contributed by atoms with E-state index in [0.29, 0.717) is 18.0 Å². The van der Waals surface area contributed by atoms with E-state index >= 15 is 0 Å². The third-order valence-electron chi connectivity index (χ3n) is 4.32. The van der Waals surface area contributed by atoms with E-state index in [0.717, 1.165) is 11.0 Å². The Bertz CT molecular complexity index is 970. The minimum atomic E-state index is -1.15. The number of nitro benzene ring substituents is 1. The highest BCUT2D eigenvalue weighted by Crippen LogP contribution is 2.32. The van der Waals surface area contributed by atoms with Gasteiger partial charge in [0.1, 0.15) is 17.4 Å². The van der Waals surface area contributed by atoms with Gasteiger partial charge in [-0.25, -0.2) is 0 Å². The van der Waals surface area contributed by atoms with Crippen LogP contribution in [0.2, 0.25) is 0 Å². The maximum Gasteiger partial charge on any atom is 0.282 e. The van der Waals surface area contributed by atoms with Gasteiger partial charge in [0.2, 0.25) is 5.91 Å². The molecule has 1 unspecified atom stereocenters. The van der Waals surface area contributed by atoms with Crippen molar-refractivity contribution < 1.29 is 24.0 Å². The van der Waals surface area contributed by atoms with Crippen molar-refractivity contribution in [1.82, 2.24) is 4.90 Å². The number of carbonyl (C=O) groups excluding carboxylic acids is 3. The van der Waals surface area contributed by atoms with Crippen molar-refractivity contribution in [2.45, 2.75) is 19.9 Å². The van der Waals surface area contributed by atoms with Gasteiger partial charge in [0.25, 0.3) is 17.5 Å². The zero-order chi connectivity index (χ0) is 20.4. The lowest BCUT2D eigenvalue weighted by Gasteiger charge is -2.21. The molecule has 9 heteroatoms. The Balaban J connectivity index is 1.80. The number of amides is 3. The largest absolute Gasteiger partial charge is 0.494 e. The fourth-order valence-electron chi connectivity index (χ4n) is 2.95. The molecule has 0 spiro atoms. The SMILES string of the molecule is CCOc1ccc(NC(=O)C(C)N2C(=O)c3cccc([N+](=O)[O-])c3C2=O)cc1. The Morgan fingerprint density at radius 1 is 1.18 bits per heavy atom. The first-order valence-electron chi connectivity index (χ1n) is 8.54. The highest BCUT2D eigenvalue weighted by molar-refractivity contribution is 6.24. The van der Waals surface area contributed by atoms with Crippen molar-refractivity contribution in [1.29, 1.82) is 0 Å². The van der Waals surface area contributed by atoms with Crippen molar-refractivity contribution in [3.63, 3.8) is 0 Å². The normalized spacial score (nSPS) is 13.9. The highest BCUT2D eigenvalue weighted by atomic mass is 16.6. The Kier molecular flexibility index (Phi) is 5.08. The smallest absolute Gasteiger partial charge is 0.282 e. The van der Waals surface area contributed by atoms with Gasteiger partial charge in [-0.1, -0.05) is 6.07 Å². The van der Waals surface area contributed by atoms with Crippen molar-refractivity contribution in [3.8, 4) is 5.75 Å². The second kappa shape index (κ2) is 7.47. The van der Waals surface area contributed by atoms with Gasteiger partial charge in [0.15, 0.2) is 0 Å². The first kappa shape index (κ1) is 19.0. The quantitative estimate of drug-likeness (QED) is 0.465. The third kappa shape index (κ3) is 3.29. The molecule has 2 aromatic carbocycles. The minimum Gasteiger partial charge on any atom is -0.494 e. The third-order valence-corrected chi connectivity index (χ3v) is 4.32. The summed E-state index contributed by atoms with van der Waals surface area (Å²) in [5.74, 6) is -1.55. The lowest BCUT2D eigenvalue weighted by molar-refractivity contribution is -0.385. The van der Waals surface area contributed by atoms with Gasteiger partial charge in [0.05, 0.1) is 17.1 Å². The molecule has 0 aliphatic carbocycles. The number of nitro groups is 1. The first-order chi connectivity index (χ1) is 13.3.